The molecule has 0 aromatic carbocycles. The van der Waals surface area contributed by atoms with Crippen molar-refractivity contribution in [2.45, 2.75) is 26.3 Å². The van der Waals surface area contributed by atoms with E-state index < -0.39 is 0 Å². The Kier molecular flexibility index (Phi) is 2.28. The van der Waals surface area contributed by atoms with Gasteiger partial charge in [-0.3, -0.25) is 10.3 Å². The Morgan fingerprint density at radius 1 is 1.50 bits per heavy atom. The van der Waals surface area contributed by atoms with Gasteiger partial charge in [0.25, 0.3) is 0 Å². The summed E-state index contributed by atoms with van der Waals surface area (Å²) in [6.45, 7) is 5.71. The molecule has 0 amide bonds. The van der Waals surface area contributed by atoms with Crippen LogP contribution in [-0.4, -0.2) is 28.4 Å². The fourth-order valence-electron chi connectivity index (χ4n) is 0.629. The van der Waals surface area contributed by atoms with Crippen LogP contribution in [0.1, 0.15) is 20.8 Å². The number of hydroxylamine groups is 2. The molecule has 0 radical (unpaired) electrons. The lowest BCUT2D eigenvalue weighted by Gasteiger charge is -2.27. The summed E-state index contributed by atoms with van der Waals surface area (Å²) in [7, 11) is 0. The Morgan fingerprint density at radius 3 is 2.58 bits per heavy atom. The summed E-state index contributed by atoms with van der Waals surface area (Å²) < 4.78 is 0. The van der Waals surface area contributed by atoms with Gasteiger partial charge in [-0.2, -0.15) is 0 Å². The molecule has 0 aromatic heterocycles. The lowest BCUT2D eigenvalue weighted by atomic mass is 10.1. The second-order valence-electron chi connectivity index (χ2n) is 3.59. The molecule has 0 bridgehead atoms. The van der Waals surface area contributed by atoms with Crippen LogP contribution in [0.2, 0.25) is 0 Å². The fraction of sp³-hybridized carbons (Fsp3) is 0.500. The molecule has 0 unspecified atom stereocenters. The van der Waals surface area contributed by atoms with Gasteiger partial charge >= 0.3 is 0 Å². The SMILES string of the molecule is CC(C)(C)N(O)C=C1C=NC=N1. The predicted octanol–water partition coefficient (Wildman–Crippen LogP) is 1.43. The van der Waals surface area contributed by atoms with E-state index in [1.165, 1.54) is 6.34 Å². The number of allylic oxidation sites excluding steroid dienone is 1. The average molecular weight is 167 g/mol. The summed E-state index contributed by atoms with van der Waals surface area (Å²) in [5.74, 6) is 0. The summed E-state index contributed by atoms with van der Waals surface area (Å²) in [5, 5.41) is 10.6. The summed E-state index contributed by atoms with van der Waals surface area (Å²) in [6.07, 6.45) is 4.59. The van der Waals surface area contributed by atoms with Gasteiger partial charge in [0.15, 0.2) is 0 Å². The molecule has 4 nitrogen and oxygen atoms in total. The molecule has 66 valence electrons. The van der Waals surface area contributed by atoms with Gasteiger partial charge in [-0.25, -0.2) is 9.98 Å². The van der Waals surface area contributed by atoms with Crippen LogP contribution < -0.4 is 0 Å². The monoisotopic (exact) mass is 167 g/mol. The molecule has 0 spiro atoms. The van der Waals surface area contributed by atoms with Gasteiger partial charge in [0.05, 0.1) is 18.0 Å². The van der Waals surface area contributed by atoms with Crippen molar-refractivity contribution >= 4 is 12.6 Å². The highest BCUT2D eigenvalue weighted by molar-refractivity contribution is 5.91. The molecule has 0 aliphatic carbocycles. The maximum Gasteiger partial charge on any atom is 0.116 e. The van der Waals surface area contributed by atoms with E-state index in [1.54, 1.807) is 12.4 Å². The zero-order chi connectivity index (χ0) is 9.19. The van der Waals surface area contributed by atoms with E-state index in [4.69, 9.17) is 0 Å². The first-order chi connectivity index (χ1) is 5.50. The Bertz CT molecular complexity index is 234. The van der Waals surface area contributed by atoms with E-state index >= 15 is 0 Å². The summed E-state index contributed by atoms with van der Waals surface area (Å²) >= 11 is 0. The molecule has 1 N–H and O–H groups in total. The predicted molar refractivity (Wildman–Crippen MR) is 48.4 cm³/mol. The highest BCUT2D eigenvalue weighted by atomic mass is 16.5. The van der Waals surface area contributed by atoms with E-state index in [-0.39, 0.29) is 5.54 Å². The summed E-state index contributed by atoms with van der Waals surface area (Å²) in [4.78, 5) is 7.68. The molecule has 0 aromatic rings. The number of rotatable bonds is 1. The molecular weight excluding hydrogens is 154 g/mol. The van der Waals surface area contributed by atoms with Crippen molar-refractivity contribution in [1.82, 2.24) is 5.06 Å². The number of nitrogens with zero attached hydrogens (tertiary/aromatic N) is 3. The summed E-state index contributed by atoms with van der Waals surface area (Å²) in [5.41, 5.74) is 0.353. The molecule has 1 rings (SSSR count). The van der Waals surface area contributed by atoms with Gasteiger partial charge in [0.1, 0.15) is 12.0 Å². The third-order valence-corrected chi connectivity index (χ3v) is 1.42. The molecule has 4 heteroatoms. The van der Waals surface area contributed by atoms with Gasteiger partial charge < -0.3 is 0 Å². The Hall–Kier alpha value is -1.16. The van der Waals surface area contributed by atoms with Crippen molar-refractivity contribution < 1.29 is 5.21 Å². The van der Waals surface area contributed by atoms with Crippen LogP contribution >= 0.6 is 0 Å². The molecule has 1 heterocycles. The van der Waals surface area contributed by atoms with E-state index in [2.05, 4.69) is 9.98 Å². The van der Waals surface area contributed by atoms with Crippen molar-refractivity contribution in [3.05, 3.63) is 11.9 Å². The number of hydrogen-bond acceptors (Lipinski definition) is 4. The topological polar surface area (TPSA) is 48.2 Å². The van der Waals surface area contributed by atoms with Gasteiger partial charge in [-0.15, -0.1) is 0 Å². The third kappa shape index (κ3) is 2.17. The second kappa shape index (κ2) is 3.06. The third-order valence-electron chi connectivity index (χ3n) is 1.42. The number of hydrogen-bond donors (Lipinski definition) is 1. The van der Waals surface area contributed by atoms with Gasteiger partial charge in [0.2, 0.25) is 0 Å². The smallest absolute Gasteiger partial charge is 0.116 e. The van der Waals surface area contributed by atoms with Crippen LogP contribution in [0, 0.1) is 0 Å². The lowest BCUT2D eigenvalue weighted by Crippen LogP contribution is -2.34. The molecule has 0 fully saturated rings. The molecule has 0 saturated carbocycles. The first kappa shape index (κ1) is 8.93. The fourth-order valence-corrected chi connectivity index (χ4v) is 0.629. The molecule has 0 atom stereocenters. The molecule has 12 heavy (non-hydrogen) atoms. The van der Waals surface area contributed by atoms with E-state index in [1.807, 2.05) is 20.8 Å². The minimum absolute atomic E-state index is 0.307. The van der Waals surface area contributed by atoms with Gasteiger partial charge in [0, 0.05) is 0 Å². The highest BCUT2D eigenvalue weighted by Crippen LogP contribution is 2.12. The quantitative estimate of drug-likeness (QED) is 0.600. The Balaban J connectivity index is 2.67. The van der Waals surface area contributed by atoms with E-state index in [9.17, 15) is 5.21 Å². The second-order valence-corrected chi connectivity index (χ2v) is 3.59. The molecule has 0 saturated heterocycles. The van der Waals surface area contributed by atoms with Crippen molar-refractivity contribution in [2.24, 2.45) is 9.98 Å². The van der Waals surface area contributed by atoms with Crippen LogP contribution in [0.4, 0.5) is 0 Å². The van der Waals surface area contributed by atoms with E-state index in [0.29, 0.717) is 5.70 Å². The standard InChI is InChI=1S/C8H13N3O/c1-8(2,3)11(12)5-7-4-9-6-10-7/h4-6,12H,1-3H3. The van der Waals surface area contributed by atoms with Crippen molar-refractivity contribution in [3.63, 3.8) is 0 Å². The Morgan fingerprint density at radius 2 is 2.17 bits per heavy atom. The van der Waals surface area contributed by atoms with Crippen LogP contribution in [-0.2, 0) is 0 Å². The van der Waals surface area contributed by atoms with Crippen molar-refractivity contribution in [1.29, 1.82) is 0 Å². The zero-order valence-electron chi connectivity index (χ0n) is 7.52. The van der Waals surface area contributed by atoms with Crippen LogP contribution in [0.25, 0.3) is 0 Å². The molecular formula is C8H13N3O. The Labute approximate surface area is 71.9 Å². The summed E-state index contributed by atoms with van der Waals surface area (Å²) in [6, 6.07) is 0. The first-order valence-corrected chi connectivity index (χ1v) is 3.76. The lowest BCUT2D eigenvalue weighted by molar-refractivity contribution is -0.110. The largest absolute Gasteiger partial charge is 0.288 e. The van der Waals surface area contributed by atoms with Gasteiger partial charge in [-0.1, -0.05) is 0 Å². The first-order valence-electron chi connectivity index (χ1n) is 3.76. The van der Waals surface area contributed by atoms with Crippen molar-refractivity contribution in [2.75, 3.05) is 0 Å². The number of aliphatic imine (C=N–C) groups is 2. The maximum atomic E-state index is 9.47. The minimum Gasteiger partial charge on any atom is -0.288 e. The average Bonchev–Trinajstić information content (AvgIpc) is 2.37. The minimum atomic E-state index is -0.307. The van der Waals surface area contributed by atoms with E-state index in [0.717, 1.165) is 5.06 Å². The molecule has 1 aliphatic rings. The van der Waals surface area contributed by atoms with Crippen molar-refractivity contribution in [3.8, 4) is 0 Å². The van der Waals surface area contributed by atoms with Crippen LogP contribution in [0.15, 0.2) is 21.9 Å². The molecule has 1 aliphatic heterocycles. The van der Waals surface area contributed by atoms with Crippen LogP contribution in [0.5, 0.6) is 0 Å². The normalized spacial score (nSPS) is 19.2. The highest BCUT2D eigenvalue weighted by Gasteiger charge is 2.16. The zero-order valence-corrected chi connectivity index (χ0v) is 7.52. The maximum absolute atomic E-state index is 9.47. The van der Waals surface area contributed by atoms with Gasteiger partial charge in [-0.05, 0) is 20.8 Å². The van der Waals surface area contributed by atoms with Crippen LogP contribution in [0.3, 0.4) is 0 Å².